The van der Waals surface area contributed by atoms with Crippen LogP contribution < -0.4 is 14.8 Å². The molecule has 1 aromatic rings. The van der Waals surface area contributed by atoms with Crippen molar-refractivity contribution in [2.24, 2.45) is 0 Å². The molecule has 0 bridgehead atoms. The van der Waals surface area contributed by atoms with Crippen LogP contribution in [0.2, 0.25) is 5.02 Å². The highest BCUT2D eigenvalue weighted by Crippen LogP contribution is 2.37. The average Bonchev–Trinajstić information content (AvgIpc) is 2.74. The zero-order valence-corrected chi connectivity index (χ0v) is 13.5. The van der Waals surface area contributed by atoms with E-state index in [-0.39, 0.29) is 19.6 Å². The number of fused-ring (bicyclic) bond motifs is 1. The Labute approximate surface area is 142 Å². The number of benzene rings is 1. The number of hydrogen-bond donors (Lipinski definition) is 1. The molecule has 0 fully saturated rings. The fourth-order valence-electron chi connectivity index (χ4n) is 2.03. The van der Waals surface area contributed by atoms with Gasteiger partial charge in [0.1, 0.15) is 6.61 Å². The van der Waals surface area contributed by atoms with Crippen molar-refractivity contribution >= 4 is 17.5 Å². The molecule has 1 amide bonds. The van der Waals surface area contributed by atoms with E-state index in [1.54, 1.807) is 12.1 Å². The second-order valence-electron chi connectivity index (χ2n) is 5.15. The van der Waals surface area contributed by atoms with E-state index in [0.717, 1.165) is 6.42 Å². The average molecular weight is 368 g/mol. The van der Waals surface area contributed by atoms with E-state index in [0.29, 0.717) is 35.3 Å². The first-order valence-corrected chi connectivity index (χ1v) is 7.72. The molecular weight excluding hydrogens is 351 g/mol. The molecule has 5 nitrogen and oxygen atoms in total. The topological polar surface area (TPSA) is 56.8 Å². The van der Waals surface area contributed by atoms with Crippen LogP contribution >= 0.6 is 11.6 Å². The summed E-state index contributed by atoms with van der Waals surface area (Å²) < 4.78 is 51.1. The van der Waals surface area contributed by atoms with E-state index >= 15 is 0 Å². The summed E-state index contributed by atoms with van der Waals surface area (Å²) in [6.45, 7) is -0.462. The lowest BCUT2D eigenvalue weighted by Gasteiger charge is -2.12. The summed E-state index contributed by atoms with van der Waals surface area (Å²) in [5.74, 6) is 0.572. The monoisotopic (exact) mass is 367 g/mol. The third kappa shape index (κ3) is 6.09. The highest BCUT2D eigenvalue weighted by molar-refractivity contribution is 6.32. The summed E-state index contributed by atoms with van der Waals surface area (Å²) in [4.78, 5) is 11.6. The van der Waals surface area contributed by atoms with Crippen LogP contribution in [0.4, 0.5) is 13.2 Å². The summed E-state index contributed by atoms with van der Waals surface area (Å²) in [6.07, 6.45) is -3.81. The van der Waals surface area contributed by atoms with Crippen molar-refractivity contribution < 1.29 is 32.2 Å². The third-order valence-corrected chi connectivity index (χ3v) is 3.37. The minimum Gasteiger partial charge on any atom is -0.489 e. The van der Waals surface area contributed by atoms with Crippen LogP contribution in [0.3, 0.4) is 0 Å². The van der Waals surface area contributed by atoms with Gasteiger partial charge in [0, 0.05) is 19.4 Å². The maximum atomic E-state index is 11.9. The van der Waals surface area contributed by atoms with Crippen LogP contribution in [0, 0.1) is 0 Å². The van der Waals surface area contributed by atoms with Gasteiger partial charge < -0.3 is 19.5 Å². The van der Waals surface area contributed by atoms with Crippen molar-refractivity contribution in [1.82, 2.24) is 5.32 Å². The van der Waals surface area contributed by atoms with E-state index < -0.39 is 18.7 Å². The van der Waals surface area contributed by atoms with Gasteiger partial charge in [-0.05, 0) is 17.7 Å². The molecule has 1 N–H and O–H groups in total. The zero-order valence-electron chi connectivity index (χ0n) is 12.7. The molecule has 134 valence electrons. The fraction of sp³-hybridized carbons (Fsp3) is 0.533. The maximum absolute atomic E-state index is 11.9. The largest absolute Gasteiger partial charge is 0.489 e. The number of nitrogens with one attached hydrogen (secondary N) is 1. The minimum atomic E-state index is -4.39. The molecule has 0 aliphatic carbocycles. The number of hydrogen-bond acceptors (Lipinski definition) is 4. The summed E-state index contributed by atoms with van der Waals surface area (Å²) >= 11 is 6.14. The standard InChI is InChI=1S/C15H17ClF3NO4/c16-11-6-10(7-12-14(11)24-4-1-3-23-12)8-20-13(21)2-5-22-9-15(17,18)19/h6-7H,1-5,8-9H2,(H,20,21). The first-order chi connectivity index (χ1) is 11.3. The first kappa shape index (κ1) is 18.7. The molecule has 0 saturated carbocycles. The van der Waals surface area contributed by atoms with E-state index in [1.807, 2.05) is 0 Å². The number of ether oxygens (including phenoxy) is 3. The van der Waals surface area contributed by atoms with Gasteiger partial charge in [-0.15, -0.1) is 0 Å². The van der Waals surface area contributed by atoms with Gasteiger partial charge >= 0.3 is 6.18 Å². The molecule has 1 aliphatic heterocycles. The smallest absolute Gasteiger partial charge is 0.411 e. The summed E-state index contributed by atoms with van der Waals surface area (Å²) in [7, 11) is 0. The Bertz CT molecular complexity index is 581. The van der Waals surface area contributed by atoms with Crippen molar-refractivity contribution in [2.75, 3.05) is 26.4 Å². The van der Waals surface area contributed by atoms with Gasteiger partial charge in [-0.1, -0.05) is 11.6 Å². The number of carbonyl (C=O) groups excluding carboxylic acids is 1. The molecular formula is C15H17ClF3NO4. The minimum absolute atomic E-state index is 0.158. The number of rotatable bonds is 6. The van der Waals surface area contributed by atoms with Gasteiger partial charge in [0.15, 0.2) is 11.5 Å². The Balaban J connectivity index is 1.80. The van der Waals surface area contributed by atoms with Crippen LogP contribution in [0.5, 0.6) is 11.5 Å². The van der Waals surface area contributed by atoms with E-state index in [9.17, 15) is 18.0 Å². The first-order valence-electron chi connectivity index (χ1n) is 7.34. The Morgan fingerprint density at radius 1 is 1.29 bits per heavy atom. The Morgan fingerprint density at radius 3 is 2.79 bits per heavy atom. The second kappa shape index (κ2) is 8.43. The maximum Gasteiger partial charge on any atom is 0.411 e. The lowest BCUT2D eigenvalue weighted by molar-refractivity contribution is -0.174. The lowest BCUT2D eigenvalue weighted by Crippen LogP contribution is -2.25. The molecule has 0 spiro atoms. The Hall–Kier alpha value is -1.67. The quantitative estimate of drug-likeness (QED) is 0.785. The number of halogens is 4. The fourth-order valence-corrected chi connectivity index (χ4v) is 2.32. The third-order valence-electron chi connectivity index (χ3n) is 3.09. The highest BCUT2D eigenvalue weighted by atomic mass is 35.5. The molecule has 1 aromatic carbocycles. The summed E-state index contributed by atoms with van der Waals surface area (Å²) in [5.41, 5.74) is 0.703. The lowest BCUT2D eigenvalue weighted by atomic mass is 10.2. The Kier molecular flexibility index (Phi) is 6.56. The molecule has 9 heteroatoms. The molecule has 0 unspecified atom stereocenters. The highest BCUT2D eigenvalue weighted by Gasteiger charge is 2.27. The normalized spacial score (nSPS) is 14.2. The van der Waals surface area contributed by atoms with Gasteiger partial charge in [-0.2, -0.15) is 13.2 Å². The molecule has 24 heavy (non-hydrogen) atoms. The van der Waals surface area contributed by atoms with Crippen LogP contribution in [0.1, 0.15) is 18.4 Å². The summed E-state index contributed by atoms with van der Waals surface area (Å²) in [5, 5.41) is 2.97. The van der Waals surface area contributed by atoms with E-state index in [1.165, 1.54) is 0 Å². The molecule has 2 rings (SSSR count). The molecule has 1 aliphatic rings. The molecule has 0 radical (unpaired) electrons. The van der Waals surface area contributed by atoms with Crippen molar-refractivity contribution in [1.29, 1.82) is 0 Å². The summed E-state index contributed by atoms with van der Waals surface area (Å²) in [6, 6.07) is 3.36. The van der Waals surface area contributed by atoms with Crippen LogP contribution in [-0.2, 0) is 16.1 Å². The molecule has 0 atom stereocenters. The van der Waals surface area contributed by atoms with Crippen LogP contribution in [0.15, 0.2) is 12.1 Å². The SMILES string of the molecule is O=C(CCOCC(F)(F)F)NCc1cc(Cl)c2c(c1)OCCCO2. The molecule has 1 heterocycles. The zero-order chi connectivity index (χ0) is 17.6. The van der Waals surface area contributed by atoms with Crippen molar-refractivity contribution in [3.05, 3.63) is 22.7 Å². The predicted octanol–water partition coefficient (Wildman–Crippen LogP) is 3.09. The number of carbonyl (C=O) groups is 1. The van der Waals surface area contributed by atoms with Crippen molar-refractivity contribution in [3.63, 3.8) is 0 Å². The van der Waals surface area contributed by atoms with Gasteiger partial charge in [0.2, 0.25) is 5.91 Å². The van der Waals surface area contributed by atoms with Gasteiger partial charge in [0.25, 0.3) is 0 Å². The van der Waals surface area contributed by atoms with Gasteiger partial charge in [0.05, 0.1) is 24.8 Å². The van der Waals surface area contributed by atoms with Crippen LogP contribution in [0.25, 0.3) is 0 Å². The number of alkyl halides is 3. The van der Waals surface area contributed by atoms with Crippen molar-refractivity contribution in [3.8, 4) is 11.5 Å². The molecule has 0 aromatic heterocycles. The van der Waals surface area contributed by atoms with Gasteiger partial charge in [-0.25, -0.2) is 0 Å². The molecule has 0 saturated heterocycles. The van der Waals surface area contributed by atoms with Crippen LogP contribution in [-0.4, -0.2) is 38.5 Å². The van der Waals surface area contributed by atoms with Crippen molar-refractivity contribution in [2.45, 2.75) is 25.6 Å². The van der Waals surface area contributed by atoms with Gasteiger partial charge in [-0.3, -0.25) is 4.79 Å². The van der Waals surface area contributed by atoms with E-state index in [4.69, 9.17) is 21.1 Å². The second-order valence-corrected chi connectivity index (χ2v) is 5.56. The number of amides is 1. The van der Waals surface area contributed by atoms with E-state index in [2.05, 4.69) is 10.1 Å². The predicted molar refractivity (Wildman–Crippen MR) is 80.4 cm³/mol. The Morgan fingerprint density at radius 2 is 2.04 bits per heavy atom.